The maximum Gasteiger partial charge on any atom is 0.326 e. The van der Waals surface area contributed by atoms with Gasteiger partial charge >= 0.3 is 5.97 Å². The highest BCUT2D eigenvalue weighted by Gasteiger charge is 2.50. The van der Waals surface area contributed by atoms with Crippen LogP contribution in [0.1, 0.15) is 33.6 Å². The number of hydrogen-bond donors (Lipinski definition) is 2. The third-order valence-electron chi connectivity index (χ3n) is 4.93. The van der Waals surface area contributed by atoms with Crippen molar-refractivity contribution in [2.75, 3.05) is 19.6 Å². The molecule has 5 nitrogen and oxygen atoms in total. The van der Waals surface area contributed by atoms with Crippen molar-refractivity contribution in [3.8, 4) is 0 Å². The smallest absolute Gasteiger partial charge is 0.326 e. The SMILES string of the molecule is CC1CCN(C(=O)C2(C(C)C)CCNC2)C1C(=O)O. The lowest BCUT2D eigenvalue weighted by Gasteiger charge is -2.37. The molecule has 0 bridgehead atoms. The Morgan fingerprint density at radius 2 is 2.11 bits per heavy atom. The average molecular weight is 268 g/mol. The van der Waals surface area contributed by atoms with Crippen LogP contribution in [0.3, 0.4) is 0 Å². The third kappa shape index (κ3) is 2.24. The molecule has 0 saturated carbocycles. The lowest BCUT2D eigenvalue weighted by molar-refractivity contribution is -0.155. The standard InChI is InChI=1S/C14H24N2O3/c1-9(2)14(5-6-15-8-14)13(19)16-7-4-10(3)11(16)12(17)18/h9-11,15H,4-8H2,1-3H3,(H,17,18). The Labute approximate surface area is 114 Å². The number of carboxylic acid groups (broad SMARTS) is 1. The number of carbonyl (C=O) groups is 2. The second-order valence-electron chi connectivity index (χ2n) is 6.29. The monoisotopic (exact) mass is 268 g/mol. The van der Waals surface area contributed by atoms with Gasteiger partial charge < -0.3 is 15.3 Å². The van der Waals surface area contributed by atoms with Gasteiger partial charge in [-0.3, -0.25) is 4.79 Å². The number of amides is 1. The molecule has 2 aliphatic rings. The highest BCUT2D eigenvalue weighted by molar-refractivity contribution is 5.89. The Balaban J connectivity index is 2.25. The van der Waals surface area contributed by atoms with E-state index in [4.69, 9.17) is 0 Å². The number of rotatable bonds is 3. The summed E-state index contributed by atoms with van der Waals surface area (Å²) in [6.45, 7) is 8.11. The molecule has 0 aromatic carbocycles. The summed E-state index contributed by atoms with van der Waals surface area (Å²) in [5.41, 5.74) is -0.419. The predicted molar refractivity (Wildman–Crippen MR) is 71.7 cm³/mol. The third-order valence-corrected chi connectivity index (χ3v) is 4.93. The molecule has 19 heavy (non-hydrogen) atoms. The number of likely N-dealkylation sites (tertiary alicyclic amines) is 1. The predicted octanol–water partition coefficient (Wildman–Crippen LogP) is 0.944. The van der Waals surface area contributed by atoms with Gasteiger partial charge in [0.25, 0.3) is 0 Å². The molecular weight excluding hydrogens is 244 g/mol. The molecule has 2 rings (SSSR count). The Kier molecular flexibility index (Phi) is 3.85. The van der Waals surface area contributed by atoms with E-state index in [1.54, 1.807) is 4.90 Å². The Morgan fingerprint density at radius 3 is 2.58 bits per heavy atom. The second-order valence-corrected chi connectivity index (χ2v) is 6.29. The van der Waals surface area contributed by atoms with Crippen molar-refractivity contribution in [2.24, 2.45) is 17.3 Å². The normalized spacial score (nSPS) is 35.1. The fourth-order valence-corrected chi connectivity index (χ4v) is 3.47. The van der Waals surface area contributed by atoms with Crippen LogP contribution in [0.5, 0.6) is 0 Å². The first-order valence-corrected chi connectivity index (χ1v) is 7.15. The van der Waals surface area contributed by atoms with E-state index >= 15 is 0 Å². The molecule has 108 valence electrons. The average Bonchev–Trinajstić information content (AvgIpc) is 2.94. The zero-order chi connectivity index (χ0) is 14.2. The molecule has 1 amide bonds. The highest BCUT2D eigenvalue weighted by Crippen LogP contribution is 2.39. The lowest BCUT2D eigenvalue weighted by atomic mass is 9.75. The number of nitrogens with one attached hydrogen (secondary N) is 1. The summed E-state index contributed by atoms with van der Waals surface area (Å²) in [5.74, 6) is -0.576. The minimum Gasteiger partial charge on any atom is -0.480 e. The van der Waals surface area contributed by atoms with Crippen molar-refractivity contribution in [1.29, 1.82) is 0 Å². The van der Waals surface area contributed by atoms with E-state index in [1.807, 2.05) is 6.92 Å². The minimum atomic E-state index is -0.872. The number of carboxylic acids is 1. The molecule has 2 N–H and O–H groups in total. The van der Waals surface area contributed by atoms with Gasteiger partial charge in [-0.1, -0.05) is 20.8 Å². The van der Waals surface area contributed by atoms with Gasteiger partial charge in [0.05, 0.1) is 5.41 Å². The van der Waals surface area contributed by atoms with Crippen LogP contribution in [0.2, 0.25) is 0 Å². The van der Waals surface area contributed by atoms with Gasteiger partial charge in [-0.05, 0) is 31.2 Å². The zero-order valence-electron chi connectivity index (χ0n) is 12.0. The maximum absolute atomic E-state index is 12.9. The number of carbonyl (C=O) groups excluding carboxylic acids is 1. The quantitative estimate of drug-likeness (QED) is 0.799. The van der Waals surface area contributed by atoms with Gasteiger partial charge in [0, 0.05) is 13.1 Å². The van der Waals surface area contributed by atoms with Crippen molar-refractivity contribution in [2.45, 2.75) is 39.7 Å². The van der Waals surface area contributed by atoms with E-state index in [1.165, 1.54) is 0 Å². The largest absolute Gasteiger partial charge is 0.480 e. The highest BCUT2D eigenvalue weighted by atomic mass is 16.4. The molecule has 2 heterocycles. The van der Waals surface area contributed by atoms with Gasteiger partial charge in [0.1, 0.15) is 6.04 Å². The van der Waals surface area contributed by atoms with E-state index in [0.717, 1.165) is 19.4 Å². The van der Waals surface area contributed by atoms with Crippen LogP contribution in [-0.2, 0) is 9.59 Å². The Morgan fingerprint density at radius 1 is 1.42 bits per heavy atom. The first-order valence-electron chi connectivity index (χ1n) is 7.15. The van der Waals surface area contributed by atoms with Gasteiger partial charge in [0.2, 0.25) is 5.91 Å². The van der Waals surface area contributed by atoms with Gasteiger partial charge in [-0.2, -0.15) is 0 Å². The number of aliphatic carboxylic acids is 1. The molecule has 3 atom stereocenters. The van der Waals surface area contributed by atoms with E-state index in [0.29, 0.717) is 13.1 Å². The van der Waals surface area contributed by atoms with Crippen molar-refractivity contribution < 1.29 is 14.7 Å². The molecule has 0 aromatic rings. The topological polar surface area (TPSA) is 69.6 Å². The van der Waals surface area contributed by atoms with Gasteiger partial charge in [0.15, 0.2) is 0 Å². The van der Waals surface area contributed by atoms with Crippen LogP contribution in [0.15, 0.2) is 0 Å². The van der Waals surface area contributed by atoms with Crippen LogP contribution in [0.4, 0.5) is 0 Å². The molecule has 0 radical (unpaired) electrons. The Bertz CT molecular complexity index is 375. The van der Waals surface area contributed by atoms with Crippen molar-refractivity contribution >= 4 is 11.9 Å². The molecule has 5 heteroatoms. The molecule has 2 aliphatic heterocycles. The summed E-state index contributed by atoms with van der Waals surface area (Å²) < 4.78 is 0. The maximum atomic E-state index is 12.9. The number of hydrogen-bond acceptors (Lipinski definition) is 3. The summed E-state index contributed by atoms with van der Waals surface area (Å²) in [7, 11) is 0. The lowest BCUT2D eigenvalue weighted by Crippen LogP contribution is -2.52. The van der Waals surface area contributed by atoms with Crippen LogP contribution < -0.4 is 5.32 Å². The zero-order valence-corrected chi connectivity index (χ0v) is 12.0. The van der Waals surface area contributed by atoms with E-state index in [2.05, 4.69) is 19.2 Å². The first-order chi connectivity index (χ1) is 8.90. The Hall–Kier alpha value is -1.10. The summed E-state index contributed by atoms with van der Waals surface area (Å²) in [4.78, 5) is 25.9. The van der Waals surface area contributed by atoms with Crippen molar-refractivity contribution in [1.82, 2.24) is 10.2 Å². The molecule has 2 fully saturated rings. The number of nitrogens with zero attached hydrogens (tertiary/aromatic N) is 1. The van der Waals surface area contributed by atoms with Crippen molar-refractivity contribution in [3.05, 3.63) is 0 Å². The fraction of sp³-hybridized carbons (Fsp3) is 0.857. The molecule has 2 saturated heterocycles. The summed E-state index contributed by atoms with van der Waals surface area (Å²) in [6.07, 6.45) is 1.59. The van der Waals surface area contributed by atoms with Crippen LogP contribution in [0, 0.1) is 17.3 Å². The summed E-state index contributed by atoms with van der Waals surface area (Å²) in [5, 5.41) is 12.6. The van der Waals surface area contributed by atoms with Gasteiger partial charge in [-0.15, -0.1) is 0 Å². The van der Waals surface area contributed by atoms with E-state index in [-0.39, 0.29) is 17.7 Å². The fourth-order valence-electron chi connectivity index (χ4n) is 3.47. The summed E-state index contributed by atoms with van der Waals surface area (Å²) >= 11 is 0. The molecule has 0 aromatic heterocycles. The van der Waals surface area contributed by atoms with E-state index in [9.17, 15) is 14.7 Å². The van der Waals surface area contributed by atoms with Crippen LogP contribution in [-0.4, -0.2) is 47.6 Å². The summed E-state index contributed by atoms with van der Waals surface area (Å²) in [6, 6.07) is -0.649. The van der Waals surface area contributed by atoms with Crippen molar-refractivity contribution in [3.63, 3.8) is 0 Å². The molecule has 3 unspecified atom stereocenters. The van der Waals surface area contributed by atoms with E-state index < -0.39 is 17.4 Å². The van der Waals surface area contributed by atoms with Crippen LogP contribution >= 0.6 is 0 Å². The van der Waals surface area contributed by atoms with Gasteiger partial charge in [-0.25, -0.2) is 4.79 Å². The minimum absolute atomic E-state index is 0.0317. The second kappa shape index (κ2) is 5.12. The molecular formula is C14H24N2O3. The molecule has 0 spiro atoms. The molecule has 0 aliphatic carbocycles. The first kappa shape index (κ1) is 14.3. The van der Waals surface area contributed by atoms with Crippen LogP contribution in [0.25, 0.3) is 0 Å².